The quantitative estimate of drug-likeness (QED) is 0.880. The van der Waals surface area contributed by atoms with E-state index in [1.54, 1.807) is 31.4 Å². The lowest BCUT2D eigenvalue weighted by Crippen LogP contribution is -2.28. The fourth-order valence-corrected chi connectivity index (χ4v) is 1.95. The molecular formula is C16H18N2O3. The average Bonchev–Trinajstić information content (AvgIpc) is 2.52. The van der Waals surface area contributed by atoms with E-state index in [2.05, 4.69) is 10.3 Å². The molecule has 0 saturated carbocycles. The molecule has 2 aromatic rings. The summed E-state index contributed by atoms with van der Waals surface area (Å²) in [7, 11) is 1.54. The van der Waals surface area contributed by atoms with Crippen molar-refractivity contribution >= 4 is 5.91 Å². The summed E-state index contributed by atoms with van der Waals surface area (Å²) in [6, 6.07) is 10.6. The van der Waals surface area contributed by atoms with Gasteiger partial charge in [0, 0.05) is 24.0 Å². The molecule has 0 aliphatic carbocycles. The first-order valence-corrected chi connectivity index (χ1v) is 6.63. The number of carbonyl (C=O) groups is 1. The normalized spacial score (nSPS) is 11.8. The highest BCUT2D eigenvalue weighted by atomic mass is 16.5. The minimum Gasteiger partial charge on any atom is -0.496 e. The van der Waals surface area contributed by atoms with E-state index in [1.165, 1.54) is 6.20 Å². The van der Waals surface area contributed by atoms with Crippen LogP contribution in [0.2, 0.25) is 0 Å². The van der Waals surface area contributed by atoms with Gasteiger partial charge in [-0.1, -0.05) is 18.2 Å². The Morgan fingerprint density at radius 3 is 2.76 bits per heavy atom. The SMILES string of the molecule is COc1ccccc1[C@@H](O)CNC(=O)c1ccc(C)nc1. The highest BCUT2D eigenvalue weighted by molar-refractivity contribution is 5.93. The minimum atomic E-state index is -0.830. The van der Waals surface area contributed by atoms with Gasteiger partial charge in [0.2, 0.25) is 0 Å². The zero-order chi connectivity index (χ0) is 15.2. The van der Waals surface area contributed by atoms with Crippen LogP contribution >= 0.6 is 0 Å². The Kier molecular flexibility index (Phi) is 4.90. The predicted octanol–water partition coefficient (Wildman–Crippen LogP) is 1.86. The smallest absolute Gasteiger partial charge is 0.252 e. The van der Waals surface area contributed by atoms with Gasteiger partial charge in [0.25, 0.3) is 5.91 Å². The van der Waals surface area contributed by atoms with Crippen molar-refractivity contribution in [2.45, 2.75) is 13.0 Å². The second-order valence-corrected chi connectivity index (χ2v) is 4.66. The number of carbonyl (C=O) groups excluding carboxylic acids is 1. The van der Waals surface area contributed by atoms with Crippen LogP contribution in [0, 0.1) is 6.92 Å². The molecule has 1 aromatic carbocycles. The molecule has 1 aromatic heterocycles. The third-order valence-corrected chi connectivity index (χ3v) is 3.13. The number of nitrogens with one attached hydrogen (secondary N) is 1. The van der Waals surface area contributed by atoms with Gasteiger partial charge in [-0.15, -0.1) is 0 Å². The molecule has 110 valence electrons. The molecule has 0 aliphatic heterocycles. The molecule has 0 saturated heterocycles. The number of rotatable bonds is 5. The fraction of sp³-hybridized carbons (Fsp3) is 0.250. The third kappa shape index (κ3) is 3.79. The zero-order valence-electron chi connectivity index (χ0n) is 12.0. The Morgan fingerprint density at radius 2 is 2.10 bits per heavy atom. The van der Waals surface area contributed by atoms with Gasteiger partial charge in [0.05, 0.1) is 18.8 Å². The first-order valence-electron chi connectivity index (χ1n) is 6.63. The molecule has 2 N–H and O–H groups in total. The molecule has 0 aliphatic rings. The van der Waals surface area contributed by atoms with Crippen LogP contribution in [-0.2, 0) is 0 Å². The zero-order valence-corrected chi connectivity index (χ0v) is 12.0. The summed E-state index contributed by atoms with van der Waals surface area (Å²) < 4.78 is 5.19. The van der Waals surface area contributed by atoms with Crippen molar-refractivity contribution in [1.82, 2.24) is 10.3 Å². The van der Waals surface area contributed by atoms with Crippen LogP contribution in [0.5, 0.6) is 5.75 Å². The Morgan fingerprint density at radius 1 is 1.33 bits per heavy atom. The van der Waals surface area contributed by atoms with Crippen LogP contribution in [-0.4, -0.2) is 29.7 Å². The van der Waals surface area contributed by atoms with E-state index in [9.17, 15) is 9.90 Å². The highest BCUT2D eigenvalue weighted by Crippen LogP contribution is 2.24. The van der Waals surface area contributed by atoms with Crippen molar-refractivity contribution in [3.05, 3.63) is 59.4 Å². The van der Waals surface area contributed by atoms with Crippen molar-refractivity contribution in [3.8, 4) is 5.75 Å². The van der Waals surface area contributed by atoms with Crippen LogP contribution in [0.1, 0.15) is 27.7 Å². The highest BCUT2D eigenvalue weighted by Gasteiger charge is 2.14. The molecule has 1 heterocycles. The number of hydrogen-bond donors (Lipinski definition) is 2. The Balaban J connectivity index is 1.99. The van der Waals surface area contributed by atoms with Gasteiger partial charge in [-0.05, 0) is 25.1 Å². The summed E-state index contributed by atoms with van der Waals surface area (Å²) in [5.41, 5.74) is 1.95. The third-order valence-electron chi connectivity index (χ3n) is 3.13. The number of ether oxygens (including phenoxy) is 1. The number of nitrogens with zero attached hydrogens (tertiary/aromatic N) is 1. The van der Waals surface area contributed by atoms with E-state index in [4.69, 9.17) is 4.74 Å². The van der Waals surface area contributed by atoms with Gasteiger partial charge >= 0.3 is 0 Å². The Hall–Kier alpha value is -2.40. The topological polar surface area (TPSA) is 71.5 Å². The van der Waals surface area contributed by atoms with Gasteiger partial charge in [-0.3, -0.25) is 9.78 Å². The van der Waals surface area contributed by atoms with Crippen LogP contribution in [0.25, 0.3) is 0 Å². The molecule has 5 nitrogen and oxygen atoms in total. The van der Waals surface area contributed by atoms with Crippen LogP contribution < -0.4 is 10.1 Å². The first kappa shape index (κ1) is 15.0. The number of aromatic nitrogens is 1. The second kappa shape index (κ2) is 6.85. The number of hydrogen-bond acceptors (Lipinski definition) is 4. The van der Waals surface area contributed by atoms with Crippen molar-refractivity contribution in [3.63, 3.8) is 0 Å². The molecule has 2 rings (SSSR count). The van der Waals surface area contributed by atoms with E-state index in [0.717, 1.165) is 5.69 Å². The lowest BCUT2D eigenvalue weighted by molar-refractivity contribution is 0.0914. The molecular weight excluding hydrogens is 268 g/mol. The fourth-order valence-electron chi connectivity index (χ4n) is 1.95. The lowest BCUT2D eigenvalue weighted by atomic mass is 10.1. The van der Waals surface area contributed by atoms with Crippen molar-refractivity contribution < 1.29 is 14.6 Å². The van der Waals surface area contributed by atoms with E-state index in [1.807, 2.05) is 19.1 Å². The van der Waals surface area contributed by atoms with Crippen LogP contribution in [0.3, 0.4) is 0 Å². The maximum absolute atomic E-state index is 12.0. The summed E-state index contributed by atoms with van der Waals surface area (Å²) in [5.74, 6) is 0.327. The van der Waals surface area contributed by atoms with Gasteiger partial charge in [-0.25, -0.2) is 0 Å². The van der Waals surface area contributed by atoms with Crippen molar-refractivity contribution in [2.75, 3.05) is 13.7 Å². The second-order valence-electron chi connectivity index (χ2n) is 4.66. The molecule has 1 amide bonds. The van der Waals surface area contributed by atoms with Crippen LogP contribution in [0.4, 0.5) is 0 Å². The van der Waals surface area contributed by atoms with Crippen molar-refractivity contribution in [1.29, 1.82) is 0 Å². The van der Waals surface area contributed by atoms with E-state index < -0.39 is 6.10 Å². The van der Waals surface area contributed by atoms with Crippen molar-refractivity contribution in [2.24, 2.45) is 0 Å². The minimum absolute atomic E-state index is 0.104. The summed E-state index contributed by atoms with van der Waals surface area (Å²) in [4.78, 5) is 16.0. The lowest BCUT2D eigenvalue weighted by Gasteiger charge is -2.15. The maximum Gasteiger partial charge on any atom is 0.252 e. The Bertz CT molecular complexity index is 611. The summed E-state index contributed by atoms with van der Waals surface area (Å²) >= 11 is 0. The standard InChI is InChI=1S/C16H18N2O3/c1-11-7-8-12(9-17-11)16(20)18-10-14(19)13-5-3-4-6-15(13)21-2/h3-9,14,19H,10H2,1-2H3,(H,18,20)/t14-/m0/s1. The van der Waals surface area contributed by atoms with E-state index >= 15 is 0 Å². The maximum atomic E-state index is 12.0. The molecule has 0 radical (unpaired) electrons. The number of benzene rings is 1. The summed E-state index contributed by atoms with van der Waals surface area (Å²) in [5, 5.41) is 12.8. The van der Waals surface area contributed by atoms with Gasteiger partial charge in [-0.2, -0.15) is 0 Å². The monoisotopic (exact) mass is 286 g/mol. The van der Waals surface area contributed by atoms with Crippen LogP contribution in [0.15, 0.2) is 42.6 Å². The van der Waals surface area contributed by atoms with E-state index in [-0.39, 0.29) is 12.5 Å². The first-order chi connectivity index (χ1) is 10.1. The van der Waals surface area contributed by atoms with Gasteiger partial charge in [0.15, 0.2) is 0 Å². The number of amides is 1. The molecule has 5 heteroatoms. The summed E-state index contributed by atoms with van der Waals surface area (Å²) in [6.45, 7) is 1.96. The van der Waals surface area contributed by atoms with E-state index in [0.29, 0.717) is 16.9 Å². The number of aliphatic hydroxyl groups is 1. The molecule has 0 spiro atoms. The Labute approximate surface area is 123 Å². The molecule has 1 atom stereocenters. The number of methoxy groups -OCH3 is 1. The average molecular weight is 286 g/mol. The molecule has 0 bridgehead atoms. The number of aliphatic hydroxyl groups excluding tert-OH is 1. The van der Waals surface area contributed by atoms with Gasteiger partial charge < -0.3 is 15.2 Å². The molecule has 0 fully saturated rings. The number of pyridine rings is 1. The number of para-hydroxylation sites is 1. The largest absolute Gasteiger partial charge is 0.496 e. The van der Waals surface area contributed by atoms with Gasteiger partial charge in [0.1, 0.15) is 5.75 Å². The molecule has 21 heavy (non-hydrogen) atoms. The predicted molar refractivity (Wildman–Crippen MR) is 79.3 cm³/mol. The number of aryl methyl sites for hydroxylation is 1. The summed E-state index contributed by atoms with van der Waals surface area (Å²) in [6.07, 6.45) is 0.684. The molecule has 0 unspecified atom stereocenters.